The van der Waals surface area contributed by atoms with Gasteiger partial charge >= 0.3 is 0 Å². The van der Waals surface area contributed by atoms with E-state index in [0.29, 0.717) is 0 Å². The lowest BCUT2D eigenvalue weighted by atomic mass is 10.0. The van der Waals surface area contributed by atoms with E-state index in [9.17, 15) is 19.8 Å². The van der Waals surface area contributed by atoms with E-state index in [1.54, 1.807) is 6.08 Å². The molecular weight excluding hydrogens is 302 g/mol. The summed E-state index contributed by atoms with van der Waals surface area (Å²) < 4.78 is 0. The van der Waals surface area contributed by atoms with Crippen molar-refractivity contribution in [3.8, 4) is 0 Å². The molecule has 5 N–H and O–H groups in total. The van der Waals surface area contributed by atoms with Gasteiger partial charge in [0.2, 0.25) is 0 Å². The second-order valence-electron chi connectivity index (χ2n) is 5.63. The van der Waals surface area contributed by atoms with Crippen molar-refractivity contribution in [3.05, 3.63) is 23.3 Å². The van der Waals surface area contributed by atoms with Crippen molar-refractivity contribution in [2.24, 2.45) is 0 Å². The third-order valence-electron chi connectivity index (χ3n) is 3.20. The highest BCUT2D eigenvalue weighted by Crippen LogP contribution is 2.06. The molecule has 0 aromatic heterocycles. The number of aliphatic hydroxyl groups is 4. The van der Waals surface area contributed by atoms with E-state index >= 15 is 0 Å². The van der Waals surface area contributed by atoms with Gasteiger partial charge in [-0.3, -0.25) is 9.59 Å². The van der Waals surface area contributed by atoms with Gasteiger partial charge in [-0.25, -0.2) is 0 Å². The Hall–Kier alpha value is -1.54. The summed E-state index contributed by atoms with van der Waals surface area (Å²) in [5.74, 6) is -2.32. The number of amides is 1. The van der Waals surface area contributed by atoms with Crippen molar-refractivity contribution in [1.29, 1.82) is 0 Å². The highest BCUT2D eigenvalue weighted by molar-refractivity contribution is 6.38. The van der Waals surface area contributed by atoms with Crippen LogP contribution in [0.4, 0.5) is 0 Å². The van der Waals surface area contributed by atoms with Crippen LogP contribution < -0.4 is 5.32 Å². The number of carbonyl (C=O) groups is 2. The Bertz CT molecular complexity index is 453. The van der Waals surface area contributed by atoms with Gasteiger partial charge in [-0.05, 0) is 33.6 Å². The van der Waals surface area contributed by atoms with Crippen LogP contribution in [0, 0.1) is 0 Å². The van der Waals surface area contributed by atoms with E-state index in [4.69, 9.17) is 10.2 Å². The first-order valence-electron chi connectivity index (χ1n) is 7.46. The van der Waals surface area contributed by atoms with Crippen molar-refractivity contribution in [1.82, 2.24) is 5.32 Å². The zero-order valence-electron chi connectivity index (χ0n) is 13.8. The second-order valence-corrected chi connectivity index (χ2v) is 5.63. The molecule has 0 heterocycles. The molecule has 1 amide bonds. The van der Waals surface area contributed by atoms with E-state index < -0.39 is 36.6 Å². The van der Waals surface area contributed by atoms with Gasteiger partial charge < -0.3 is 25.7 Å². The Labute approximate surface area is 136 Å². The van der Waals surface area contributed by atoms with Gasteiger partial charge in [-0.2, -0.15) is 0 Å². The average molecular weight is 329 g/mol. The monoisotopic (exact) mass is 329 g/mol. The fourth-order valence-electron chi connectivity index (χ4n) is 1.70. The minimum absolute atomic E-state index is 0.122. The van der Waals surface area contributed by atoms with Crippen LogP contribution in [0.5, 0.6) is 0 Å². The zero-order chi connectivity index (χ0) is 18.0. The van der Waals surface area contributed by atoms with Crippen LogP contribution in [-0.2, 0) is 9.59 Å². The first-order valence-corrected chi connectivity index (χ1v) is 7.46. The molecular formula is C16H27NO6. The standard InChI is InChI=1S/C16H27NO6/c1-10(2)5-4-6-11(3)7-8-17-16(23)15(22)14(21)13(20)12(19)9-18/h5,7,12-14,18-21H,4,6,8-9H2,1-3H3,(H,17,23)/t12-,13+,14-/m0/s1. The van der Waals surface area contributed by atoms with Crippen LogP contribution in [0.25, 0.3) is 0 Å². The predicted molar refractivity (Wildman–Crippen MR) is 85.5 cm³/mol. The van der Waals surface area contributed by atoms with Crippen molar-refractivity contribution < 1.29 is 30.0 Å². The molecule has 132 valence electrons. The van der Waals surface area contributed by atoms with E-state index in [2.05, 4.69) is 11.4 Å². The Morgan fingerprint density at radius 3 is 2.22 bits per heavy atom. The topological polar surface area (TPSA) is 127 Å². The first-order chi connectivity index (χ1) is 10.7. The lowest BCUT2D eigenvalue weighted by molar-refractivity contribution is -0.150. The molecule has 0 fully saturated rings. The van der Waals surface area contributed by atoms with Crippen LogP contribution in [0.15, 0.2) is 23.3 Å². The summed E-state index contributed by atoms with van der Waals surface area (Å²) in [5, 5.41) is 39.0. The largest absolute Gasteiger partial charge is 0.394 e. The molecule has 0 aromatic carbocycles. The van der Waals surface area contributed by atoms with Crippen molar-refractivity contribution in [3.63, 3.8) is 0 Å². The molecule has 0 aliphatic rings. The zero-order valence-corrected chi connectivity index (χ0v) is 13.8. The smallest absolute Gasteiger partial charge is 0.290 e. The summed E-state index contributed by atoms with van der Waals surface area (Å²) in [4.78, 5) is 23.2. The number of hydrogen-bond donors (Lipinski definition) is 5. The van der Waals surface area contributed by atoms with E-state index in [0.717, 1.165) is 18.4 Å². The molecule has 0 rings (SSSR count). The minimum atomic E-state index is -2.08. The Morgan fingerprint density at radius 1 is 1.09 bits per heavy atom. The number of rotatable bonds is 10. The fourth-order valence-corrected chi connectivity index (χ4v) is 1.70. The normalized spacial score (nSPS) is 15.5. The summed E-state index contributed by atoms with van der Waals surface area (Å²) in [7, 11) is 0. The van der Waals surface area contributed by atoms with Crippen LogP contribution in [-0.4, -0.2) is 63.6 Å². The maximum atomic E-state index is 11.6. The van der Waals surface area contributed by atoms with Gasteiger partial charge in [-0.15, -0.1) is 0 Å². The van der Waals surface area contributed by atoms with Crippen LogP contribution in [0.2, 0.25) is 0 Å². The molecule has 7 nitrogen and oxygen atoms in total. The molecule has 0 bridgehead atoms. The highest BCUT2D eigenvalue weighted by Gasteiger charge is 2.33. The lowest BCUT2D eigenvalue weighted by Gasteiger charge is -2.19. The number of aliphatic hydroxyl groups excluding tert-OH is 4. The summed E-state index contributed by atoms with van der Waals surface area (Å²) in [6.07, 6.45) is -0.113. The maximum Gasteiger partial charge on any atom is 0.290 e. The number of Topliss-reactive ketones (excluding diaryl/α,β-unsaturated/α-hetero) is 1. The van der Waals surface area contributed by atoms with Crippen molar-refractivity contribution >= 4 is 11.7 Å². The van der Waals surface area contributed by atoms with Gasteiger partial charge in [0.05, 0.1) is 6.61 Å². The highest BCUT2D eigenvalue weighted by atomic mass is 16.4. The molecule has 0 spiro atoms. The number of nitrogens with one attached hydrogen (secondary N) is 1. The Morgan fingerprint density at radius 2 is 1.70 bits per heavy atom. The Kier molecular flexibility index (Phi) is 10.3. The summed E-state index contributed by atoms with van der Waals surface area (Å²) in [6.45, 7) is 5.22. The molecule has 7 heteroatoms. The van der Waals surface area contributed by atoms with E-state index in [1.807, 2.05) is 20.8 Å². The first kappa shape index (κ1) is 21.5. The fraction of sp³-hybridized carbons (Fsp3) is 0.625. The number of hydrogen-bond acceptors (Lipinski definition) is 6. The third-order valence-corrected chi connectivity index (χ3v) is 3.20. The molecule has 23 heavy (non-hydrogen) atoms. The predicted octanol–water partition coefficient (Wildman–Crippen LogP) is -0.561. The van der Waals surface area contributed by atoms with Crippen LogP contribution >= 0.6 is 0 Å². The third kappa shape index (κ3) is 8.61. The van der Waals surface area contributed by atoms with Gasteiger partial charge in [0.1, 0.15) is 12.2 Å². The number of ketones is 1. The minimum Gasteiger partial charge on any atom is -0.394 e. The lowest BCUT2D eigenvalue weighted by Crippen LogP contribution is -2.49. The molecule has 0 radical (unpaired) electrons. The summed E-state index contributed by atoms with van der Waals surface area (Å²) in [5.41, 5.74) is 2.28. The molecule has 3 atom stereocenters. The summed E-state index contributed by atoms with van der Waals surface area (Å²) in [6, 6.07) is 0. The molecule has 0 aliphatic heterocycles. The number of carbonyl (C=O) groups excluding carboxylic acids is 2. The maximum absolute atomic E-state index is 11.6. The van der Waals surface area contributed by atoms with Gasteiger partial charge in [0.15, 0.2) is 6.10 Å². The Balaban J connectivity index is 4.33. The summed E-state index contributed by atoms with van der Waals surface area (Å²) >= 11 is 0. The molecule has 0 aliphatic carbocycles. The quantitative estimate of drug-likeness (QED) is 0.270. The van der Waals surface area contributed by atoms with Gasteiger partial charge in [0, 0.05) is 6.54 Å². The van der Waals surface area contributed by atoms with Gasteiger partial charge in [-0.1, -0.05) is 23.3 Å². The number of allylic oxidation sites excluding steroid dienone is 3. The SMILES string of the molecule is CC(C)=CCCC(C)=CCNC(=O)C(=O)[C@@H](O)[C@H](O)[C@@H](O)CO. The van der Waals surface area contributed by atoms with E-state index in [-0.39, 0.29) is 6.54 Å². The van der Waals surface area contributed by atoms with E-state index in [1.165, 1.54) is 5.57 Å². The molecule has 0 unspecified atom stereocenters. The van der Waals surface area contributed by atoms with Crippen LogP contribution in [0.3, 0.4) is 0 Å². The average Bonchev–Trinajstić information content (AvgIpc) is 2.51. The van der Waals surface area contributed by atoms with Crippen LogP contribution in [0.1, 0.15) is 33.6 Å². The van der Waals surface area contributed by atoms with Gasteiger partial charge in [0.25, 0.3) is 11.7 Å². The van der Waals surface area contributed by atoms with Crippen molar-refractivity contribution in [2.75, 3.05) is 13.2 Å². The molecule has 0 saturated heterocycles. The van der Waals surface area contributed by atoms with Crippen molar-refractivity contribution in [2.45, 2.75) is 51.9 Å². The molecule has 0 aromatic rings. The second kappa shape index (κ2) is 11.1. The molecule has 0 saturated carbocycles.